The Bertz CT molecular complexity index is 1370. The molecule has 4 fully saturated rings. The second kappa shape index (κ2) is 12.1. The zero-order chi connectivity index (χ0) is 30.4. The molecule has 2 aromatic carbocycles. The van der Waals surface area contributed by atoms with Crippen molar-refractivity contribution in [3.8, 4) is 0 Å². The molecule has 2 heterocycles. The highest BCUT2D eigenvalue weighted by Crippen LogP contribution is 2.47. The summed E-state index contributed by atoms with van der Waals surface area (Å²) >= 11 is 0. The molecule has 7 atom stereocenters. The normalized spacial score (nSPS) is 28.6. The van der Waals surface area contributed by atoms with Crippen molar-refractivity contribution < 1.29 is 37.6 Å². The maximum atomic E-state index is 13.8. The first-order valence-corrected chi connectivity index (χ1v) is 16.7. The average molecular weight is 615 g/mol. The van der Waals surface area contributed by atoms with E-state index in [4.69, 9.17) is 14.2 Å². The second-order valence-electron chi connectivity index (χ2n) is 13.0. The Morgan fingerprint density at radius 2 is 1.79 bits per heavy atom. The monoisotopic (exact) mass is 614 g/mol. The number of alkyl carbamates (subject to hydrolysis) is 1. The van der Waals surface area contributed by atoms with Crippen LogP contribution in [0.5, 0.6) is 0 Å². The fourth-order valence-corrected chi connectivity index (χ4v) is 8.31. The van der Waals surface area contributed by atoms with Crippen molar-refractivity contribution >= 4 is 16.1 Å². The second-order valence-corrected chi connectivity index (χ2v) is 15.0. The van der Waals surface area contributed by atoms with Crippen LogP contribution in [0.2, 0.25) is 0 Å². The lowest BCUT2D eigenvalue weighted by molar-refractivity contribution is -0.153. The first-order valence-electron chi connectivity index (χ1n) is 15.3. The lowest BCUT2D eigenvalue weighted by Crippen LogP contribution is -2.53. The number of hydrogen-bond donors (Lipinski definition) is 3. The van der Waals surface area contributed by atoms with Gasteiger partial charge in [0, 0.05) is 24.9 Å². The van der Waals surface area contributed by atoms with Gasteiger partial charge in [0.2, 0.25) is 10.0 Å². The molecular formula is C32H42N2O8S. The van der Waals surface area contributed by atoms with E-state index in [0.717, 1.165) is 18.4 Å². The van der Waals surface area contributed by atoms with E-state index in [9.17, 15) is 23.4 Å². The van der Waals surface area contributed by atoms with E-state index < -0.39 is 40.0 Å². The Hall–Kier alpha value is -2.54. The Balaban J connectivity index is 1.18. The van der Waals surface area contributed by atoms with Gasteiger partial charge in [0.25, 0.3) is 0 Å². The molecule has 2 aliphatic heterocycles. The van der Waals surface area contributed by atoms with Crippen LogP contribution in [0.4, 0.5) is 4.79 Å². The maximum absolute atomic E-state index is 13.8. The number of benzene rings is 2. The van der Waals surface area contributed by atoms with E-state index in [1.807, 2.05) is 44.2 Å². The van der Waals surface area contributed by atoms with Crippen molar-refractivity contribution in [3.63, 3.8) is 0 Å². The van der Waals surface area contributed by atoms with Crippen LogP contribution < -0.4 is 5.32 Å². The number of nitrogens with one attached hydrogen (secondary N) is 1. The van der Waals surface area contributed by atoms with Gasteiger partial charge >= 0.3 is 6.09 Å². The smallest absolute Gasteiger partial charge is 0.407 e. The summed E-state index contributed by atoms with van der Waals surface area (Å²) in [5, 5.41) is 24.8. The molecule has 0 aromatic heterocycles. The molecule has 2 aromatic rings. The minimum Gasteiger partial charge on any atom is -0.443 e. The number of carbonyl (C=O) groups excluding carboxylic acids is 1. The molecule has 2 saturated heterocycles. The van der Waals surface area contributed by atoms with Gasteiger partial charge in [-0.15, -0.1) is 0 Å². The minimum absolute atomic E-state index is 0.0158. The van der Waals surface area contributed by atoms with Gasteiger partial charge in [-0.3, -0.25) is 0 Å². The molecule has 3 N–H and O–H groups in total. The van der Waals surface area contributed by atoms with Crippen LogP contribution in [-0.4, -0.2) is 79.4 Å². The SMILES string of the molecule is CC(C)CN(C[C@@H](O)[C@H](Cc1ccccc1)NC(=O)OC1C2COC3OC1CC3C2)S(=O)(=O)c1ccc(C2(O)CC2)cc1. The number of ether oxygens (including phenoxy) is 3. The van der Waals surface area contributed by atoms with E-state index in [2.05, 4.69) is 5.32 Å². The lowest BCUT2D eigenvalue weighted by Gasteiger charge is -2.37. The average Bonchev–Trinajstić information content (AvgIpc) is 3.66. The molecule has 10 nitrogen and oxygen atoms in total. The summed E-state index contributed by atoms with van der Waals surface area (Å²) < 4.78 is 46.5. The summed E-state index contributed by atoms with van der Waals surface area (Å²) in [6.45, 7) is 4.26. The van der Waals surface area contributed by atoms with Crippen LogP contribution >= 0.6 is 0 Å². The van der Waals surface area contributed by atoms with Crippen LogP contribution in [0.25, 0.3) is 0 Å². The molecule has 234 valence electrons. The number of hydrogen-bond acceptors (Lipinski definition) is 8. The number of aliphatic hydroxyl groups excluding tert-OH is 1. The fraction of sp³-hybridized carbons (Fsp3) is 0.594. The molecular weight excluding hydrogens is 572 g/mol. The van der Waals surface area contributed by atoms with Gasteiger partial charge in [-0.1, -0.05) is 56.3 Å². The lowest BCUT2D eigenvalue weighted by atomic mass is 9.78. The third kappa shape index (κ3) is 6.62. The number of sulfonamides is 1. The summed E-state index contributed by atoms with van der Waals surface area (Å²) in [6.07, 6.45) is 0.496. The molecule has 6 rings (SSSR count). The third-order valence-corrected chi connectivity index (χ3v) is 11.0. The Kier molecular flexibility index (Phi) is 8.58. The van der Waals surface area contributed by atoms with Gasteiger partial charge in [-0.05, 0) is 61.3 Å². The summed E-state index contributed by atoms with van der Waals surface area (Å²) in [5.74, 6) is 0.380. The maximum Gasteiger partial charge on any atom is 0.407 e. The minimum atomic E-state index is -3.99. The van der Waals surface area contributed by atoms with Crippen molar-refractivity contribution in [1.82, 2.24) is 9.62 Å². The molecule has 3 bridgehead atoms. The molecule has 43 heavy (non-hydrogen) atoms. The number of amides is 1. The highest BCUT2D eigenvalue weighted by atomic mass is 32.2. The van der Waals surface area contributed by atoms with E-state index in [1.165, 1.54) is 16.4 Å². The van der Waals surface area contributed by atoms with Gasteiger partial charge < -0.3 is 29.7 Å². The molecule has 1 amide bonds. The van der Waals surface area contributed by atoms with Crippen LogP contribution in [0.3, 0.4) is 0 Å². The molecule has 0 radical (unpaired) electrons. The fourth-order valence-electron chi connectivity index (χ4n) is 6.69. The Labute approximate surface area is 253 Å². The van der Waals surface area contributed by atoms with Crippen molar-refractivity contribution in [2.24, 2.45) is 17.8 Å². The zero-order valence-electron chi connectivity index (χ0n) is 24.7. The number of carbonyl (C=O) groups is 1. The first-order chi connectivity index (χ1) is 20.5. The largest absolute Gasteiger partial charge is 0.443 e. The van der Waals surface area contributed by atoms with Gasteiger partial charge in [0.15, 0.2) is 6.29 Å². The first kappa shape index (κ1) is 30.5. The van der Waals surface area contributed by atoms with Crippen molar-refractivity contribution in [3.05, 3.63) is 65.7 Å². The van der Waals surface area contributed by atoms with Gasteiger partial charge in [-0.25, -0.2) is 13.2 Å². The van der Waals surface area contributed by atoms with Crippen molar-refractivity contribution in [2.45, 2.75) is 87.1 Å². The number of fused-ring (bicyclic) bond motifs is 2. The quantitative estimate of drug-likeness (QED) is 0.332. The molecule has 2 saturated carbocycles. The predicted octanol–water partition coefficient (Wildman–Crippen LogP) is 3.16. The predicted molar refractivity (Wildman–Crippen MR) is 157 cm³/mol. The van der Waals surface area contributed by atoms with Gasteiger partial charge in [0.1, 0.15) is 6.10 Å². The standard InChI is InChI=1S/C32H42N2O8S/c1-20(2)17-34(43(38,39)25-10-8-24(9-11-25)32(37)12-13-32)18-27(35)26(14-21-6-4-3-5-7-21)33-31(36)42-29-23-15-22-16-28(29)41-30(22)40-19-23/h3-11,20,22-23,26-30,35,37H,12-19H2,1-2H3,(H,33,36)/t22?,23?,26-,27+,28?,29?,30?/m0/s1. The number of nitrogens with zero attached hydrogens (tertiary/aromatic N) is 1. The summed E-state index contributed by atoms with van der Waals surface area (Å²) in [7, 11) is -3.99. The van der Waals surface area contributed by atoms with Crippen molar-refractivity contribution in [2.75, 3.05) is 19.7 Å². The molecule has 5 unspecified atom stereocenters. The third-order valence-electron chi connectivity index (χ3n) is 9.16. The molecule has 11 heteroatoms. The number of rotatable bonds is 12. The van der Waals surface area contributed by atoms with Crippen molar-refractivity contribution in [1.29, 1.82) is 0 Å². The summed E-state index contributed by atoms with van der Waals surface area (Å²) in [5.41, 5.74) is 0.714. The summed E-state index contributed by atoms with van der Waals surface area (Å²) in [6, 6.07) is 14.9. The molecule has 0 spiro atoms. The van der Waals surface area contributed by atoms with E-state index in [0.29, 0.717) is 30.9 Å². The Morgan fingerprint density at radius 1 is 1.07 bits per heavy atom. The van der Waals surface area contributed by atoms with Crippen LogP contribution in [0, 0.1) is 17.8 Å². The van der Waals surface area contributed by atoms with Crippen LogP contribution in [0.1, 0.15) is 50.7 Å². The van der Waals surface area contributed by atoms with E-state index in [-0.39, 0.29) is 48.6 Å². The number of aliphatic hydroxyl groups is 2. The summed E-state index contributed by atoms with van der Waals surface area (Å²) in [4.78, 5) is 13.4. The zero-order valence-corrected chi connectivity index (χ0v) is 25.5. The Morgan fingerprint density at radius 3 is 2.47 bits per heavy atom. The van der Waals surface area contributed by atoms with Crippen LogP contribution in [0.15, 0.2) is 59.5 Å². The van der Waals surface area contributed by atoms with Crippen LogP contribution in [-0.2, 0) is 36.3 Å². The van der Waals surface area contributed by atoms with E-state index >= 15 is 0 Å². The highest BCUT2D eigenvalue weighted by molar-refractivity contribution is 7.89. The van der Waals surface area contributed by atoms with Gasteiger partial charge in [-0.2, -0.15) is 4.31 Å². The van der Waals surface area contributed by atoms with Gasteiger partial charge in [0.05, 0.1) is 35.4 Å². The molecule has 2 aliphatic carbocycles. The highest BCUT2D eigenvalue weighted by Gasteiger charge is 2.53. The molecule has 4 aliphatic rings. The van der Waals surface area contributed by atoms with E-state index in [1.54, 1.807) is 12.1 Å². The topological polar surface area (TPSA) is 135 Å².